The lowest BCUT2D eigenvalue weighted by molar-refractivity contribution is -0.137. The van der Waals surface area contributed by atoms with E-state index < -0.39 is 6.04 Å². The summed E-state index contributed by atoms with van der Waals surface area (Å²) in [6, 6.07) is 5.39. The van der Waals surface area contributed by atoms with Crippen LogP contribution in [0, 0.1) is 11.8 Å². The summed E-state index contributed by atoms with van der Waals surface area (Å²) >= 11 is 1.61. The predicted octanol–water partition coefficient (Wildman–Crippen LogP) is 1.80. The summed E-state index contributed by atoms with van der Waals surface area (Å²) in [6.07, 6.45) is 2.66. The van der Waals surface area contributed by atoms with E-state index in [2.05, 4.69) is 17.3 Å². The van der Waals surface area contributed by atoms with E-state index in [1.165, 1.54) is 0 Å². The van der Waals surface area contributed by atoms with Gasteiger partial charge < -0.3 is 10.2 Å². The molecule has 0 aromatic carbocycles. The number of aromatic nitrogens is 2. The van der Waals surface area contributed by atoms with E-state index in [4.69, 9.17) is 0 Å². The Bertz CT molecular complexity index is 754. The van der Waals surface area contributed by atoms with Gasteiger partial charge in [0.25, 0.3) is 0 Å². The van der Waals surface area contributed by atoms with Crippen LogP contribution in [0.2, 0.25) is 0 Å². The summed E-state index contributed by atoms with van der Waals surface area (Å²) < 4.78 is 1.75. The summed E-state index contributed by atoms with van der Waals surface area (Å²) in [7, 11) is 0. The average Bonchev–Trinajstić information content (AvgIpc) is 3.01. The molecule has 3 atom stereocenters. The quantitative estimate of drug-likeness (QED) is 0.920. The van der Waals surface area contributed by atoms with E-state index in [0.29, 0.717) is 25.6 Å². The molecule has 1 aliphatic carbocycles. The fraction of sp³-hybridized carbons (Fsp3) is 0.471. The van der Waals surface area contributed by atoms with Crippen LogP contribution in [0.1, 0.15) is 30.0 Å². The summed E-state index contributed by atoms with van der Waals surface area (Å²) in [4.78, 5) is 28.2. The van der Waals surface area contributed by atoms with Crippen molar-refractivity contribution in [1.29, 1.82) is 0 Å². The standard InChI is InChI=1S/C17H20N4O2S/c1-11-7-14(11)17(23)20-9-12-4-5-19-21(12)15(10-20)16(22)18-8-13-3-2-6-24-13/h2-6,11,14-15H,7-10H2,1H3,(H,18,22)/t11-,14-,15-/m1/s1. The maximum Gasteiger partial charge on any atom is 0.247 e. The minimum absolute atomic E-state index is 0.0882. The Kier molecular flexibility index (Phi) is 3.88. The smallest absolute Gasteiger partial charge is 0.247 e. The minimum atomic E-state index is -0.457. The van der Waals surface area contributed by atoms with Crippen LogP contribution in [0.25, 0.3) is 0 Å². The first kappa shape index (κ1) is 15.4. The van der Waals surface area contributed by atoms with Crippen LogP contribution in [0.3, 0.4) is 0 Å². The van der Waals surface area contributed by atoms with Crippen molar-refractivity contribution in [3.8, 4) is 0 Å². The number of nitrogens with zero attached hydrogens (tertiary/aromatic N) is 3. The molecule has 0 radical (unpaired) electrons. The number of rotatable bonds is 4. The Morgan fingerprint density at radius 3 is 2.96 bits per heavy atom. The van der Waals surface area contributed by atoms with Crippen LogP contribution in [0.15, 0.2) is 29.8 Å². The van der Waals surface area contributed by atoms with Gasteiger partial charge in [-0.1, -0.05) is 13.0 Å². The molecule has 7 heteroatoms. The van der Waals surface area contributed by atoms with Crippen molar-refractivity contribution < 1.29 is 9.59 Å². The third-order valence-corrected chi connectivity index (χ3v) is 5.73. The van der Waals surface area contributed by atoms with Gasteiger partial charge in [-0.05, 0) is 29.9 Å². The van der Waals surface area contributed by atoms with Gasteiger partial charge in [-0.3, -0.25) is 14.3 Å². The summed E-state index contributed by atoms with van der Waals surface area (Å²) in [6.45, 7) is 3.54. The van der Waals surface area contributed by atoms with Crippen molar-refractivity contribution in [3.63, 3.8) is 0 Å². The Hall–Kier alpha value is -2.15. The highest BCUT2D eigenvalue weighted by Crippen LogP contribution is 2.40. The maximum atomic E-state index is 12.7. The number of amides is 2. The van der Waals surface area contributed by atoms with Crippen molar-refractivity contribution >= 4 is 23.2 Å². The van der Waals surface area contributed by atoms with Gasteiger partial charge in [-0.2, -0.15) is 5.10 Å². The normalized spacial score (nSPS) is 25.2. The molecular formula is C17H20N4O2S. The van der Waals surface area contributed by atoms with E-state index >= 15 is 0 Å². The first-order chi connectivity index (χ1) is 11.6. The Balaban J connectivity index is 1.48. The monoisotopic (exact) mass is 344 g/mol. The molecule has 24 heavy (non-hydrogen) atoms. The van der Waals surface area contributed by atoms with Crippen molar-refractivity contribution in [1.82, 2.24) is 20.0 Å². The Morgan fingerprint density at radius 1 is 1.42 bits per heavy atom. The maximum absolute atomic E-state index is 12.7. The zero-order valence-corrected chi connectivity index (χ0v) is 14.3. The van der Waals surface area contributed by atoms with Crippen molar-refractivity contribution in [2.45, 2.75) is 32.5 Å². The molecule has 4 rings (SSSR count). The second kappa shape index (κ2) is 6.05. The summed E-state index contributed by atoms with van der Waals surface area (Å²) in [5.41, 5.74) is 0.916. The van der Waals surface area contributed by atoms with Crippen LogP contribution in [-0.4, -0.2) is 33.0 Å². The van der Waals surface area contributed by atoms with Crippen molar-refractivity contribution in [2.75, 3.05) is 6.54 Å². The molecule has 0 bridgehead atoms. The van der Waals surface area contributed by atoms with Gasteiger partial charge in [0.15, 0.2) is 0 Å². The first-order valence-electron chi connectivity index (χ1n) is 8.24. The van der Waals surface area contributed by atoms with Gasteiger partial charge in [0, 0.05) is 17.0 Å². The molecule has 1 N–H and O–H groups in total. The van der Waals surface area contributed by atoms with E-state index in [0.717, 1.165) is 17.0 Å². The molecule has 6 nitrogen and oxygen atoms in total. The van der Waals surface area contributed by atoms with E-state index in [-0.39, 0.29) is 17.7 Å². The molecule has 2 aromatic heterocycles. The molecule has 0 saturated heterocycles. The highest BCUT2D eigenvalue weighted by Gasteiger charge is 2.44. The molecule has 2 aromatic rings. The second-order valence-corrected chi connectivity index (χ2v) is 7.65. The summed E-state index contributed by atoms with van der Waals surface area (Å²) in [5.74, 6) is 0.686. The molecule has 2 amide bonds. The van der Waals surface area contributed by atoms with E-state index in [1.807, 2.05) is 28.5 Å². The number of fused-ring (bicyclic) bond motifs is 1. The number of carbonyl (C=O) groups is 2. The average molecular weight is 344 g/mol. The van der Waals surface area contributed by atoms with Crippen LogP contribution in [-0.2, 0) is 22.7 Å². The zero-order valence-electron chi connectivity index (χ0n) is 13.5. The number of hydrogen-bond acceptors (Lipinski definition) is 4. The highest BCUT2D eigenvalue weighted by atomic mass is 32.1. The molecule has 2 aliphatic rings. The number of carbonyl (C=O) groups excluding carboxylic acids is 2. The Morgan fingerprint density at radius 2 is 2.25 bits per heavy atom. The van der Waals surface area contributed by atoms with Gasteiger partial charge in [0.1, 0.15) is 6.04 Å². The number of hydrogen-bond donors (Lipinski definition) is 1. The van der Waals surface area contributed by atoms with Crippen LogP contribution >= 0.6 is 11.3 Å². The molecule has 1 saturated carbocycles. The SMILES string of the molecule is C[C@@H]1C[C@H]1C(=O)N1Cc2ccnn2[C@@H](C(=O)NCc2cccs2)C1. The molecule has 1 fully saturated rings. The predicted molar refractivity (Wildman–Crippen MR) is 90.1 cm³/mol. The first-order valence-corrected chi connectivity index (χ1v) is 9.12. The topological polar surface area (TPSA) is 67.2 Å². The lowest BCUT2D eigenvalue weighted by Crippen LogP contribution is -2.47. The fourth-order valence-electron chi connectivity index (χ4n) is 3.26. The third kappa shape index (κ3) is 2.84. The van der Waals surface area contributed by atoms with Crippen LogP contribution in [0.4, 0.5) is 0 Å². The second-order valence-electron chi connectivity index (χ2n) is 6.62. The molecular weight excluding hydrogens is 324 g/mol. The molecule has 1 aliphatic heterocycles. The third-order valence-electron chi connectivity index (χ3n) is 4.85. The minimum Gasteiger partial charge on any atom is -0.349 e. The van der Waals surface area contributed by atoms with Crippen molar-refractivity contribution in [2.24, 2.45) is 11.8 Å². The Labute approximate surface area is 144 Å². The van der Waals surface area contributed by atoms with Gasteiger partial charge >= 0.3 is 0 Å². The molecule has 0 spiro atoms. The molecule has 3 heterocycles. The van der Waals surface area contributed by atoms with Crippen LogP contribution in [0.5, 0.6) is 0 Å². The lowest BCUT2D eigenvalue weighted by atomic mass is 10.1. The fourth-order valence-corrected chi connectivity index (χ4v) is 3.91. The van der Waals surface area contributed by atoms with E-state index in [9.17, 15) is 9.59 Å². The van der Waals surface area contributed by atoms with Gasteiger partial charge in [0.05, 0.1) is 25.3 Å². The lowest BCUT2D eigenvalue weighted by Gasteiger charge is -2.33. The summed E-state index contributed by atoms with van der Waals surface area (Å²) in [5, 5.41) is 9.26. The van der Waals surface area contributed by atoms with Crippen molar-refractivity contribution in [3.05, 3.63) is 40.3 Å². The molecule has 0 unspecified atom stereocenters. The van der Waals surface area contributed by atoms with Crippen LogP contribution < -0.4 is 5.32 Å². The van der Waals surface area contributed by atoms with E-state index in [1.54, 1.807) is 22.2 Å². The zero-order chi connectivity index (χ0) is 16.7. The number of thiophene rings is 1. The highest BCUT2D eigenvalue weighted by molar-refractivity contribution is 7.09. The van der Waals surface area contributed by atoms with Gasteiger partial charge in [-0.25, -0.2) is 0 Å². The number of nitrogens with one attached hydrogen (secondary N) is 1. The van der Waals surface area contributed by atoms with Gasteiger partial charge in [0.2, 0.25) is 11.8 Å². The largest absolute Gasteiger partial charge is 0.349 e. The molecule has 126 valence electrons. The van der Waals surface area contributed by atoms with Gasteiger partial charge in [-0.15, -0.1) is 11.3 Å².